The van der Waals surface area contributed by atoms with Gasteiger partial charge in [0.05, 0.1) is 0 Å². The van der Waals surface area contributed by atoms with Crippen molar-refractivity contribution in [1.82, 2.24) is 9.80 Å². The van der Waals surface area contributed by atoms with Crippen LogP contribution in [0.3, 0.4) is 0 Å². The molecule has 0 radical (unpaired) electrons. The average Bonchev–Trinajstić information content (AvgIpc) is 2.50. The first kappa shape index (κ1) is 11.0. The number of hydrogen-bond donors (Lipinski definition) is 0. The second-order valence-corrected chi connectivity index (χ2v) is 4.31. The van der Waals surface area contributed by atoms with Crippen molar-refractivity contribution in [3.63, 3.8) is 0 Å². The van der Waals surface area contributed by atoms with E-state index in [1.54, 1.807) is 0 Å². The second-order valence-electron chi connectivity index (χ2n) is 4.31. The van der Waals surface area contributed by atoms with E-state index in [1.165, 1.54) is 45.6 Å². The Morgan fingerprint density at radius 3 is 2.62 bits per heavy atom. The van der Waals surface area contributed by atoms with Gasteiger partial charge in [-0.3, -0.25) is 0 Å². The highest BCUT2D eigenvalue weighted by molar-refractivity contribution is 4.75. The van der Waals surface area contributed by atoms with E-state index in [4.69, 9.17) is 0 Å². The maximum atomic E-state index is 2.59. The van der Waals surface area contributed by atoms with E-state index >= 15 is 0 Å². The normalized spacial score (nSPS) is 24.5. The summed E-state index contributed by atoms with van der Waals surface area (Å²) >= 11 is 0. The van der Waals surface area contributed by atoms with Gasteiger partial charge < -0.3 is 9.80 Å². The highest BCUT2D eigenvalue weighted by Gasteiger charge is 2.20. The summed E-state index contributed by atoms with van der Waals surface area (Å²) in [5.74, 6) is 0.927. The van der Waals surface area contributed by atoms with E-state index < -0.39 is 0 Å². The molecule has 1 atom stereocenters. The first-order valence-corrected chi connectivity index (χ1v) is 5.67. The molecule has 0 bridgehead atoms. The SMILES string of the molecule is CCCN(CC)C[C@H]1CCN(C)C1. The highest BCUT2D eigenvalue weighted by Crippen LogP contribution is 2.15. The summed E-state index contributed by atoms with van der Waals surface area (Å²) in [6, 6.07) is 0. The minimum absolute atomic E-state index is 0.927. The van der Waals surface area contributed by atoms with Gasteiger partial charge in [-0.05, 0) is 45.4 Å². The summed E-state index contributed by atoms with van der Waals surface area (Å²) in [6.45, 7) is 11.0. The van der Waals surface area contributed by atoms with Crippen LogP contribution < -0.4 is 0 Å². The molecule has 1 aliphatic heterocycles. The van der Waals surface area contributed by atoms with E-state index in [0.29, 0.717) is 0 Å². The van der Waals surface area contributed by atoms with Gasteiger partial charge in [0, 0.05) is 13.1 Å². The molecule has 0 N–H and O–H groups in total. The van der Waals surface area contributed by atoms with Gasteiger partial charge in [0.25, 0.3) is 0 Å². The molecule has 0 spiro atoms. The summed E-state index contributed by atoms with van der Waals surface area (Å²) in [4.78, 5) is 5.04. The van der Waals surface area contributed by atoms with Gasteiger partial charge in [0.2, 0.25) is 0 Å². The topological polar surface area (TPSA) is 6.48 Å². The van der Waals surface area contributed by atoms with Crippen LogP contribution in [-0.4, -0.2) is 49.6 Å². The molecule has 0 aliphatic carbocycles. The summed E-state index contributed by atoms with van der Waals surface area (Å²) in [6.07, 6.45) is 2.69. The number of rotatable bonds is 5. The fourth-order valence-electron chi connectivity index (χ4n) is 2.24. The van der Waals surface area contributed by atoms with Gasteiger partial charge >= 0.3 is 0 Å². The molecule has 13 heavy (non-hydrogen) atoms. The maximum absolute atomic E-state index is 2.59. The van der Waals surface area contributed by atoms with Crippen LogP contribution in [0.4, 0.5) is 0 Å². The van der Waals surface area contributed by atoms with Crippen molar-refractivity contribution in [1.29, 1.82) is 0 Å². The Labute approximate surface area is 82.9 Å². The molecule has 1 heterocycles. The maximum Gasteiger partial charge on any atom is 0.00222 e. The molecule has 0 aromatic rings. The quantitative estimate of drug-likeness (QED) is 0.641. The standard InChI is InChI=1S/C11H24N2/c1-4-7-13(5-2)10-11-6-8-12(3)9-11/h11H,4-10H2,1-3H3/t11-/m0/s1. The monoisotopic (exact) mass is 184 g/mol. The Morgan fingerprint density at radius 2 is 2.15 bits per heavy atom. The van der Waals surface area contributed by atoms with Crippen LogP contribution in [0.1, 0.15) is 26.7 Å². The lowest BCUT2D eigenvalue weighted by molar-refractivity contribution is 0.241. The van der Waals surface area contributed by atoms with Gasteiger partial charge in [-0.1, -0.05) is 13.8 Å². The predicted molar refractivity (Wildman–Crippen MR) is 58.0 cm³/mol. The molecule has 1 rings (SSSR count). The summed E-state index contributed by atoms with van der Waals surface area (Å²) in [7, 11) is 2.23. The minimum atomic E-state index is 0.927. The van der Waals surface area contributed by atoms with E-state index in [-0.39, 0.29) is 0 Å². The third kappa shape index (κ3) is 3.65. The molecule has 1 aliphatic rings. The minimum Gasteiger partial charge on any atom is -0.306 e. The molecular formula is C11H24N2. The number of likely N-dealkylation sites (tertiary alicyclic amines) is 1. The first-order chi connectivity index (χ1) is 6.26. The second kappa shape index (κ2) is 5.61. The molecule has 2 heteroatoms. The first-order valence-electron chi connectivity index (χ1n) is 5.67. The molecule has 1 fully saturated rings. The van der Waals surface area contributed by atoms with Crippen molar-refractivity contribution in [2.24, 2.45) is 5.92 Å². The molecule has 2 nitrogen and oxygen atoms in total. The zero-order valence-electron chi connectivity index (χ0n) is 9.42. The average molecular weight is 184 g/mol. The Balaban J connectivity index is 2.21. The Kier molecular flexibility index (Phi) is 4.74. The van der Waals surface area contributed by atoms with Gasteiger partial charge in [-0.25, -0.2) is 0 Å². The van der Waals surface area contributed by atoms with Crippen LogP contribution >= 0.6 is 0 Å². The molecule has 0 aromatic heterocycles. The van der Waals surface area contributed by atoms with Crippen LogP contribution in [0.2, 0.25) is 0 Å². The molecule has 0 amide bonds. The van der Waals surface area contributed by atoms with Crippen molar-refractivity contribution in [2.45, 2.75) is 26.7 Å². The highest BCUT2D eigenvalue weighted by atomic mass is 15.2. The molecule has 0 unspecified atom stereocenters. The third-order valence-corrected chi connectivity index (χ3v) is 2.99. The molecule has 78 valence electrons. The van der Waals surface area contributed by atoms with Crippen LogP contribution in [0.5, 0.6) is 0 Å². The van der Waals surface area contributed by atoms with Gasteiger partial charge in [0.15, 0.2) is 0 Å². The summed E-state index contributed by atoms with van der Waals surface area (Å²) in [5, 5.41) is 0. The number of hydrogen-bond acceptors (Lipinski definition) is 2. The van der Waals surface area contributed by atoms with Crippen molar-refractivity contribution in [3.8, 4) is 0 Å². The third-order valence-electron chi connectivity index (χ3n) is 2.99. The molecule has 1 saturated heterocycles. The van der Waals surface area contributed by atoms with Gasteiger partial charge in [0.1, 0.15) is 0 Å². The smallest absolute Gasteiger partial charge is 0.00222 e. The lowest BCUT2D eigenvalue weighted by atomic mass is 10.1. The molecule has 0 aromatic carbocycles. The van der Waals surface area contributed by atoms with Gasteiger partial charge in [-0.2, -0.15) is 0 Å². The Bertz CT molecular complexity index is 134. The van der Waals surface area contributed by atoms with E-state index in [0.717, 1.165) is 5.92 Å². The van der Waals surface area contributed by atoms with Crippen LogP contribution in [0, 0.1) is 5.92 Å². The van der Waals surface area contributed by atoms with Crippen LogP contribution in [0.15, 0.2) is 0 Å². The largest absolute Gasteiger partial charge is 0.306 e. The Hall–Kier alpha value is -0.0800. The lowest BCUT2D eigenvalue weighted by Gasteiger charge is -2.23. The Morgan fingerprint density at radius 1 is 1.38 bits per heavy atom. The van der Waals surface area contributed by atoms with Crippen molar-refractivity contribution in [2.75, 3.05) is 39.8 Å². The van der Waals surface area contributed by atoms with Gasteiger partial charge in [-0.15, -0.1) is 0 Å². The lowest BCUT2D eigenvalue weighted by Crippen LogP contribution is -2.31. The van der Waals surface area contributed by atoms with Crippen molar-refractivity contribution < 1.29 is 0 Å². The summed E-state index contributed by atoms with van der Waals surface area (Å²) in [5.41, 5.74) is 0. The fraction of sp³-hybridized carbons (Fsp3) is 1.00. The van der Waals surface area contributed by atoms with Crippen LogP contribution in [-0.2, 0) is 0 Å². The predicted octanol–water partition coefficient (Wildman–Crippen LogP) is 1.67. The van der Waals surface area contributed by atoms with Crippen molar-refractivity contribution >= 4 is 0 Å². The zero-order chi connectivity index (χ0) is 9.68. The van der Waals surface area contributed by atoms with E-state index in [2.05, 4.69) is 30.7 Å². The van der Waals surface area contributed by atoms with E-state index in [1.807, 2.05) is 0 Å². The zero-order valence-corrected chi connectivity index (χ0v) is 9.42. The van der Waals surface area contributed by atoms with Crippen molar-refractivity contribution in [3.05, 3.63) is 0 Å². The van der Waals surface area contributed by atoms with E-state index in [9.17, 15) is 0 Å². The number of nitrogens with zero attached hydrogens (tertiary/aromatic N) is 2. The molecule has 0 saturated carbocycles. The molecular weight excluding hydrogens is 160 g/mol. The van der Waals surface area contributed by atoms with Crippen LogP contribution in [0.25, 0.3) is 0 Å². The summed E-state index contributed by atoms with van der Waals surface area (Å²) < 4.78 is 0. The fourth-order valence-corrected chi connectivity index (χ4v) is 2.24.